The molecule has 16 valence electrons. The maximum absolute atomic E-state index is 0. The molecule has 0 aliphatic carbocycles. The smallest absolute Gasteiger partial charge is 2.00 e. The second-order valence-electron chi connectivity index (χ2n) is 0. The monoisotopic (exact) mass is 242 g/mol. The molecule has 0 atom stereocenters. The summed E-state index contributed by atoms with van der Waals surface area (Å²) in [6.07, 6.45) is 0. The van der Waals surface area contributed by atoms with Crippen LogP contribution in [0.1, 0.15) is 0 Å². The molecule has 0 saturated heterocycles. The third-order valence-electron chi connectivity index (χ3n) is 0. The van der Waals surface area contributed by atoms with Gasteiger partial charge < -0.3 is 27.0 Å². The van der Waals surface area contributed by atoms with Crippen LogP contribution in [-0.2, 0) is 27.0 Å². The Morgan fingerprint density at radius 1 is 0.750 bits per heavy atom. The van der Waals surface area contributed by atoms with Crippen LogP contribution < -0.4 is 51.4 Å². The van der Waals surface area contributed by atoms with Crippen molar-refractivity contribution in [3.8, 4) is 0 Å². The van der Waals surface area contributed by atoms with Gasteiger partial charge in [-0.25, -0.2) is 0 Å². The van der Waals surface area contributed by atoms with E-state index in [4.69, 9.17) is 0 Å². The number of hydrogen-bond acceptors (Lipinski definition) is 0. The van der Waals surface area contributed by atoms with Gasteiger partial charge in [-0.15, -0.1) is 0 Å². The Bertz CT molecular complexity index is 6.00. The minimum Gasteiger partial charge on any atom is -2.00 e. The van der Waals surface area contributed by atoms with Crippen LogP contribution in [0.25, 0.3) is 0 Å². The van der Waals surface area contributed by atoms with Crippen LogP contribution in [0.2, 0.25) is 0 Å². The standard InChI is InChI=1S/K.La.2S/q+1;+3;2*-2. The van der Waals surface area contributed by atoms with E-state index in [1.54, 1.807) is 0 Å². The minimum absolute atomic E-state index is 0. The van der Waals surface area contributed by atoms with Crippen molar-refractivity contribution in [1.29, 1.82) is 0 Å². The normalized spacial score (nSPS) is 0. The van der Waals surface area contributed by atoms with Crippen LogP contribution in [0.4, 0.5) is 0 Å². The zero-order valence-corrected chi connectivity index (χ0v) is 10.8. The zero-order chi connectivity index (χ0) is 0. The fourth-order valence-corrected chi connectivity index (χ4v) is 0. The third-order valence-corrected chi connectivity index (χ3v) is 0. The average Bonchev–Trinajstić information content (AvgIpc) is 0. The van der Waals surface area contributed by atoms with Gasteiger partial charge in [-0.1, -0.05) is 0 Å². The van der Waals surface area contributed by atoms with Crippen molar-refractivity contribution >= 4 is 27.0 Å². The molecule has 0 bridgehead atoms. The van der Waals surface area contributed by atoms with Gasteiger partial charge in [-0.3, -0.25) is 0 Å². The summed E-state index contributed by atoms with van der Waals surface area (Å²) in [4.78, 5) is 0. The average molecular weight is 242 g/mol. The first kappa shape index (κ1) is 25.8. The Kier molecular flexibility index (Phi) is 103. The van der Waals surface area contributed by atoms with E-state index in [-0.39, 0.29) is 114 Å². The van der Waals surface area contributed by atoms with Gasteiger partial charge in [-0.05, 0) is 0 Å². The Morgan fingerprint density at radius 2 is 0.750 bits per heavy atom. The molecule has 0 heterocycles. The van der Waals surface area contributed by atoms with Crippen molar-refractivity contribution in [3.05, 3.63) is 0 Å². The van der Waals surface area contributed by atoms with E-state index in [2.05, 4.69) is 0 Å². The van der Waals surface area contributed by atoms with Crippen LogP contribution in [0, 0.1) is 35.6 Å². The predicted molar refractivity (Wildman–Crippen MR) is 14.7 cm³/mol. The molecule has 0 fully saturated rings. The Morgan fingerprint density at radius 3 is 0.750 bits per heavy atom. The molecule has 0 N–H and O–H groups in total. The molecule has 0 radical (unpaired) electrons. The van der Waals surface area contributed by atoms with Crippen molar-refractivity contribution < 1.29 is 87.0 Å². The van der Waals surface area contributed by atoms with E-state index >= 15 is 0 Å². The molecule has 0 unspecified atom stereocenters. The van der Waals surface area contributed by atoms with Gasteiger partial charge in [0.2, 0.25) is 0 Å². The van der Waals surface area contributed by atoms with Crippen molar-refractivity contribution in [2.45, 2.75) is 0 Å². The minimum atomic E-state index is 0. The molecule has 0 amide bonds. The van der Waals surface area contributed by atoms with E-state index in [9.17, 15) is 0 Å². The van der Waals surface area contributed by atoms with E-state index in [1.807, 2.05) is 0 Å². The number of rotatable bonds is 0. The second-order valence-corrected chi connectivity index (χ2v) is 0. The summed E-state index contributed by atoms with van der Waals surface area (Å²) >= 11 is 0. The maximum Gasteiger partial charge on any atom is 3.00 e. The Balaban J connectivity index is 0. The van der Waals surface area contributed by atoms with Crippen LogP contribution in [0.5, 0.6) is 0 Å². The summed E-state index contributed by atoms with van der Waals surface area (Å²) in [5, 5.41) is 0. The van der Waals surface area contributed by atoms with Gasteiger partial charge in [0.25, 0.3) is 0 Å². The van der Waals surface area contributed by atoms with E-state index in [1.165, 1.54) is 0 Å². The molecule has 0 aromatic carbocycles. The summed E-state index contributed by atoms with van der Waals surface area (Å²) in [5.74, 6) is 0. The van der Waals surface area contributed by atoms with Gasteiger partial charge >= 0.3 is 87.0 Å². The molecule has 0 rings (SSSR count). The van der Waals surface area contributed by atoms with Crippen LogP contribution in [-0.4, -0.2) is 0 Å². The topological polar surface area (TPSA) is 0 Å². The fraction of sp³-hybridized carbons (Fsp3) is 0. The van der Waals surface area contributed by atoms with E-state index in [0.29, 0.717) is 0 Å². The first-order valence-corrected chi connectivity index (χ1v) is 0. The molecule has 0 saturated carbocycles. The fourth-order valence-electron chi connectivity index (χ4n) is 0. The second kappa shape index (κ2) is 16.0. The molecule has 4 heteroatoms. The molecular weight excluding hydrogens is 242 g/mol. The van der Waals surface area contributed by atoms with Gasteiger partial charge in [0.15, 0.2) is 0 Å². The van der Waals surface area contributed by atoms with Gasteiger partial charge in [0.1, 0.15) is 0 Å². The van der Waals surface area contributed by atoms with Crippen molar-refractivity contribution in [2.75, 3.05) is 0 Å². The van der Waals surface area contributed by atoms with Gasteiger partial charge in [0.05, 0.1) is 0 Å². The first-order chi connectivity index (χ1) is 0. The molecule has 0 nitrogen and oxygen atoms in total. The molecule has 4 heavy (non-hydrogen) atoms. The summed E-state index contributed by atoms with van der Waals surface area (Å²) in [5.41, 5.74) is 0. The molecule has 0 aliphatic heterocycles. The third kappa shape index (κ3) is 9.11. The first-order valence-electron chi connectivity index (χ1n) is 0. The van der Waals surface area contributed by atoms with Crippen LogP contribution in [0.15, 0.2) is 0 Å². The van der Waals surface area contributed by atoms with Gasteiger partial charge in [-0.2, -0.15) is 0 Å². The maximum atomic E-state index is 0. The van der Waals surface area contributed by atoms with Gasteiger partial charge in [0, 0.05) is 0 Å². The summed E-state index contributed by atoms with van der Waals surface area (Å²) < 4.78 is 0. The van der Waals surface area contributed by atoms with Crippen molar-refractivity contribution in [1.82, 2.24) is 0 Å². The zero-order valence-electron chi connectivity index (χ0n) is 2.39. The van der Waals surface area contributed by atoms with E-state index in [0.717, 1.165) is 0 Å². The van der Waals surface area contributed by atoms with Crippen LogP contribution >= 0.6 is 0 Å². The molecule has 0 aromatic rings. The summed E-state index contributed by atoms with van der Waals surface area (Å²) in [6.45, 7) is 0. The molecule has 0 spiro atoms. The van der Waals surface area contributed by atoms with Crippen molar-refractivity contribution in [3.63, 3.8) is 0 Å². The summed E-state index contributed by atoms with van der Waals surface area (Å²) in [7, 11) is 0. The molecule has 0 aromatic heterocycles. The Hall–Kier alpha value is 3.53. The van der Waals surface area contributed by atoms with Crippen molar-refractivity contribution in [2.24, 2.45) is 0 Å². The quantitative estimate of drug-likeness (QED) is 0.397. The molecule has 0 aliphatic rings. The summed E-state index contributed by atoms with van der Waals surface area (Å²) in [6, 6.07) is 0. The van der Waals surface area contributed by atoms with Crippen LogP contribution in [0.3, 0.4) is 0 Å². The predicted octanol–water partition coefficient (Wildman–Crippen LogP) is -3.00. The number of hydrogen-bond donors (Lipinski definition) is 0. The molecular formula is KLaS2. The van der Waals surface area contributed by atoms with E-state index < -0.39 is 0 Å². The SMILES string of the molecule is [K+].[La+3].[S-2].[S-2]. The Labute approximate surface area is 111 Å². The largest absolute Gasteiger partial charge is 3.00 e.